The minimum atomic E-state index is 0.0737. The predicted molar refractivity (Wildman–Crippen MR) is 102 cm³/mol. The number of piperidine rings is 1. The second-order valence-electron chi connectivity index (χ2n) is 7.01. The number of amides is 1. The molecule has 1 aliphatic rings. The predicted octanol–water partition coefficient (Wildman–Crippen LogP) is 3.62. The molecule has 0 bridgehead atoms. The van der Waals surface area contributed by atoms with Crippen molar-refractivity contribution < 1.29 is 4.79 Å². The number of aromatic amines is 1. The summed E-state index contributed by atoms with van der Waals surface area (Å²) in [5.41, 5.74) is 3.77. The van der Waals surface area contributed by atoms with Crippen LogP contribution in [0.15, 0.2) is 42.6 Å². The first-order chi connectivity index (χ1) is 12.7. The van der Waals surface area contributed by atoms with Crippen LogP contribution in [-0.4, -0.2) is 38.8 Å². The lowest BCUT2D eigenvalue weighted by molar-refractivity contribution is 0.0683. The number of fused-ring (bicyclic) bond motifs is 1. The van der Waals surface area contributed by atoms with Gasteiger partial charge in [0.05, 0.1) is 11.0 Å². The maximum atomic E-state index is 12.8. The fourth-order valence-corrected chi connectivity index (χ4v) is 3.78. The highest BCUT2D eigenvalue weighted by Crippen LogP contribution is 2.23. The molecule has 0 atom stereocenters. The van der Waals surface area contributed by atoms with Crippen LogP contribution in [0.3, 0.4) is 0 Å². The van der Waals surface area contributed by atoms with Crippen LogP contribution in [0.25, 0.3) is 11.0 Å². The lowest BCUT2D eigenvalue weighted by Crippen LogP contribution is -2.39. The summed E-state index contributed by atoms with van der Waals surface area (Å²) in [6, 6.07) is 12.0. The van der Waals surface area contributed by atoms with Gasteiger partial charge in [0.25, 0.3) is 5.91 Å². The fraction of sp³-hybridized carbons (Fsp3) is 0.381. The number of carbonyl (C=O) groups excluding carboxylic acids is 1. The number of nitrogens with one attached hydrogen (secondary N) is 1. The van der Waals surface area contributed by atoms with E-state index in [0.717, 1.165) is 61.2 Å². The first kappa shape index (κ1) is 16.8. The lowest BCUT2D eigenvalue weighted by atomic mass is 9.93. The molecule has 2 aromatic heterocycles. The van der Waals surface area contributed by atoms with Gasteiger partial charge in [0.1, 0.15) is 11.5 Å². The molecule has 4 rings (SSSR count). The van der Waals surface area contributed by atoms with E-state index < -0.39 is 0 Å². The molecule has 134 valence electrons. The molecule has 1 fully saturated rings. The van der Waals surface area contributed by atoms with E-state index in [1.807, 2.05) is 35.2 Å². The third-order valence-electron chi connectivity index (χ3n) is 5.30. The van der Waals surface area contributed by atoms with Crippen LogP contribution < -0.4 is 0 Å². The Labute approximate surface area is 153 Å². The van der Waals surface area contributed by atoms with Crippen molar-refractivity contribution in [2.45, 2.75) is 32.6 Å². The number of aryl methyl sites for hydroxylation is 1. The van der Waals surface area contributed by atoms with Crippen molar-refractivity contribution in [1.29, 1.82) is 0 Å². The van der Waals surface area contributed by atoms with Crippen LogP contribution in [0, 0.1) is 5.92 Å². The molecule has 1 amide bonds. The third kappa shape index (κ3) is 3.34. The second-order valence-corrected chi connectivity index (χ2v) is 7.01. The Morgan fingerprint density at radius 2 is 2.00 bits per heavy atom. The number of benzene rings is 1. The number of carbonyl (C=O) groups is 1. The van der Waals surface area contributed by atoms with Gasteiger partial charge < -0.3 is 9.88 Å². The molecule has 1 aliphatic heterocycles. The van der Waals surface area contributed by atoms with Crippen molar-refractivity contribution >= 4 is 16.9 Å². The number of likely N-dealkylation sites (tertiary alicyclic amines) is 1. The molecule has 3 heterocycles. The largest absolute Gasteiger partial charge is 0.342 e. The Kier molecular flexibility index (Phi) is 4.69. The summed E-state index contributed by atoms with van der Waals surface area (Å²) < 4.78 is 0. The van der Waals surface area contributed by atoms with Crippen LogP contribution in [-0.2, 0) is 12.8 Å². The standard InChI is InChI=1S/C21H24N4O/c1-2-16-6-5-11-22-20(16)21(26)25-12-9-15(10-13-25)14-19-23-17-7-3-4-8-18(17)24-19/h3-8,11,15H,2,9-10,12-14H2,1H3,(H,23,24). The number of hydrogen-bond acceptors (Lipinski definition) is 3. The molecule has 5 heteroatoms. The zero-order chi connectivity index (χ0) is 17.9. The average molecular weight is 348 g/mol. The van der Waals surface area contributed by atoms with Crippen molar-refractivity contribution in [1.82, 2.24) is 19.9 Å². The summed E-state index contributed by atoms with van der Waals surface area (Å²) in [5, 5.41) is 0. The van der Waals surface area contributed by atoms with E-state index >= 15 is 0 Å². The molecule has 1 N–H and O–H groups in total. The molecule has 0 radical (unpaired) electrons. The maximum Gasteiger partial charge on any atom is 0.272 e. The van der Waals surface area contributed by atoms with E-state index in [0.29, 0.717) is 11.6 Å². The van der Waals surface area contributed by atoms with Crippen molar-refractivity contribution in [3.63, 3.8) is 0 Å². The van der Waals surface area contributed by atoms with Gasteiger partial charge in [0.15, 0.2) is 0 Å². The van der Waals surface area contributed by atoms with Crippen LogP contribution in [0.2, 0.25) is 0 Å². The SMILES string of the molecule is CCc1cccnc1C(=O)N1CCC(Cc2nc3ccccc3[nH]2)CC1. The van der Waals surface area contributed by atoms with Gasteiger partial charge in [-0.3, -0.25) is 9.78 Å². The molecule has 3 aromatic rings. The van der Waals surface area contributed by atoms with Crippen molar-refractivity contribution in [3.8, 4) is 0 Å². The van der Waals surface area contributed by atoms with Gasteiger partial charge in [-0.2, -0.15) is 0 Å². The van der Waals surface area contributed by atoms with Crippen molar-refractivity contribution in [3.05, 3.63) is 59.7 Å². The van der Waals surface area contributed by atoms with Crippen LogP contribution in [0.1, 0.15) is 41.6 Å². The Bertz CT molecular complexity index is 876. The van der Waals surface area contributed by atoms with E-state index in [-0.39, 0.29) is 5.91 Å². The molecule has 5 nitrogen and oxygen atoms in total. The monoisotopic (exact) mass is 348 g/mol. The van der Waals surface area contributed by atoms with Gasteiger partial charge in [0.2, 0.25) is 0 Å². The molecule has 0 aliphatic carbocycles. The first-order valence-electron chi connectivity index (χ1n) is 9.41. The molecule has 0 spiro atoms. The topological polar surface area (TPSA) is 61.9 Å². The molecule has 26 heavy (non-hydrogen) atoms. The zero-order valence-electron chi connectivity index (χ0n) is 15.1. The minimum absolute atomic E-state index is 0.0737. The highest BCUT2D eigenvalue weighted by atomic mass is 16.2. The molecular weight excluding hydrogens is 324 g/mol. The summed E-state index contributed by atoms with van der Waals surface area (Å²) in [5.74, 6) is 1.69. The Morgan fingerprint density at radius 3 is 2.77 bits per heavy atom. The highest BCUT2D eigenvalue weighted by molar-refractivity contribution is 5.93. The Hall–Kier alpha value is -2.69. The molecular formula is C21H24N4O. The van der Waals surface area contributed by atoms with E-state index in [1.165, 1.54) is 0 Å². The minimum Gasteiger partial charge on any atom is -0.342 e. The molecule has 0 saturated carbocycles. The van der Waals surface area contributed by atoms with Gasteiger partial charge >= 0.3 is 0 Å². The zero-order valence-corrected chi connectivity index (χ0v) is 15.1. The van der Waals surface area contributed by atoms with E-state index in [1.54, 1.807) is 6.20 Å². The average Bonchev–Trinajstić information content (AvgIpc) is 3.10. The number of H-pyrrole nitrogens is 1. The van der Waals surface area contributed by atoms with Crippen LogP contribution >= 0.6 is 0 Å². The summed E-state index contributed by atoms with van der Waals surface area (Å²) in [6.07, 6.45) is 5.51. The molecule has 1 saturated heterocycles. The fourth-order valence-electron chi connectivity index (χ4n) is 3.78. The lowest BCUT2D eigenvalue weighted by Gasteiger charge is -2.31. The maximum absolute atomic E-state index is 12.8. The third-order valence-corrected chi connectivity index (χ3v) is 5.30. The van der Waals surface area contributed by atoms with Crippen molar-refractivity contribution in [2.75, 3.05) is 13.1 Å². The number of hydrogen-bond donors (Lipinski definition) is 1. The number of pyridine rings is 1. The van der Waals surface area contributed by atoms with Gasteiger partial charge in [-0.1, -0.05) is 25.1 Å². The summed E-state index contributed by atoms with van der Waals surface area (Å²) >= 11 is 0. The highest BCUT2D eigenvalue weighted by Gasteiger charge is 2.26. The van der Waals surface area contributed by atoms with Crippen LogP contribution in [0.4, 0.5) is 0 Å². The number of aromatic nitrogens is 3. The summed E-state index contributed by atoms with van der Waals surface area (Å²) in [4.78, 5) is 27.2. The van der Waals surface area contributed by atoms with E-state index in [2.05, 4.69) is 27.9 Å². The number of rotatable bonds is 4. The quantitative estimate of drug-likeness (QED) is 0.783. The Morgan fingerprint density at radius 1 is 1.19 bits per heavy atom. The van der Waals surface area contributed by atoms with E-state index in [4.69, 9.17) is 0 Å². The summed E-state index contributed by atoms with van der Waals surface area (Å²) in [6.45, 7) is 3.65. The van der Waals surface area contributed by atoms with Gasteiger partial charge in [-0.05, 0) is 48.9 Å². The molecule has 0 unspecified atom stereocenters. The number of imidazole rings is 1. The van der Waals surface area contributed by atoms with Gasteiger partial charge in [-0.25, -0.2) is 4.98 Å². The smallest absolute Gasteiger partial charge is 0.272 e. The van der Waals surface area contributed by atoms with Gasteiger partial charge in [0, 0.05) is 25.7 Å². The number of nitrogens with zero attached hydrogens (tertiary/aromatic N) is 3. The van der Waals surface area contributed by atoms with Crippen LogP contribution in [0.5, 0.6) is 0 Å². The van der Waals surface area contributed by atoms with E-state index in [9.17, 15) is 4.79 Å². The van der Waals surface area contributed by atoms with Gasteiger partial charge in [-0.15, -0.1) is 0 Å². The Balaban J connectivity index is 1.38. The van der Waals surface area contributed by atoms with Crippen molar-refractivity contribution in [2.24, 2.45) is 5.92 Å². The molecule has 1 aromatic carbocycles. The first-order valence-corrected chi connectivity index (χ1v) is 9.41. The number of para-hydroxylation sites is 2. The normalized spacial score (nSPS) is 15.5. The summed E-state index contributed by atoms with van der Waals surface area (Å²) in [7, 11) is 0. The second kappa shape index (κ2) is 7.28.